The van der Waals surface area contributed by atoms with E-state index in [1.807, 2.05) is 0 Å². The molecule has 9 heteroatoms. The molecule has 9 nitrogen and oxygen atoms in total. The second kappa shape index (κ2) is 6.27. The van der Waals surface area contributed by atoms with Crippen molar-refractivity contribution in [2.24, 2.45) is 4.99 Å². The van der Waals surface area contributed by atoms with Crippen LogP contribution < -0.4 is 10.5 Å². The number of aromatic nitrogens is 2. The lowest BCUT2D eigenvalue weighted by Gasteiger charge is -1.99. The minimum absolute atomic E-state index is 0.00196. The van der Waals surface area contributed by atoms with Gasteiger partial charge in [0.05, 0.1) is 17.0 Å². The molecule has 1 aromatic carbocycles. The van der Waals surface area contributed by atoms with E-state index in [2.05, 4.69) is 19.9 Å². The van der Waals surface area contributed by atoms with Crippen LogP contribution in [0.25, 0.3) is 0 Å². The summed E-state index contributed by atoms with van der Waals surface area (Å²) in [4.78, 5) is 14.4. The Morgan fingerprint density at radius 3 is 2.95 bits per heavy atom. The van der Waals surface area contributed by atoms with Gasteiger partial charge in [0.1, 0.15) is 6.61 Å². The third-order valence-electron chi connectivity index (χ3n) is 2.31. The third kappa shape index (κ3) is 3.28. The summed E-state index contributed by atoms with van der Waals surface area (Å²) in [7, 11) is 0. The lowest BCUT2D eigenvalue weighted by molar-refractivity contribution is -0.385. The molecule has 2 aromatic rings. The number of aliphatic imine (C=N–C) groups is 1. The van der Waals surface area contributed by atoms with Crippen LogP contribution in [0.15, 0.2) is 33.9 Å². The zero-order valence-corrected chi connectivity index (χ0v) is 10.3. The molecule has 0 aliphatic rings. The molecular formula is C11H11N5O4. The zero-order chi connectivity index (χ0) is 14.4. The predicted molar refractivity (Wildman–Crippen MR) is 69.8 cm³/mol. The molecule has 2 N–H and O–H groups in total. The monoisotopic (exact) mass is 277 g/mol. The van der Waals surface area contributed by atoms with E-state index < -0.39 is 4.92 Å². The summed E-state index contributed by atoms with van der Waals surface area (Å²) in [5, 5.41) is 17.6. The van der Waals surface area contributed by atoms with Gasteiger partial charge in [-0.05, 0) is 16.4 Å². The first-order chi connectivity index (χ1) is 9.68. The summed E-state index contributed by atoms with van der Waals surface area (Å²) in [6, 6.07) is 6.33. The molecule has 1 aromatic heterocycles. The molecule has 0 fully saturated rings. The van der Waals surface area contributed by atoms with Crippen LogP contribution in [0.4, 0.5) is 11.5 Å². The SMILES string of the molecule is Nc1nonc1OCCN=Cc1ccccc1[N+](=O)[O-]. The van der Waals surface area contributed by atoms with Crippen LogP contribution >= 0.6 is 0 Å². The number of hydrogen-bond acceptors (Lipinski definition) is 8. The van der Waals surface area contributed by atoms with Gasteiger partial charge in [0.2, 0.25) is 5.82 Å². The van der Waals surface area contributed by atoms with Crippen LogP contribution in [-0.4, -0.2) is 34.6 Å². The van der Waals surface area contributed by atoms with Gasteiger partial charge in [-0.3, -0.25) is 15.1 Å². The standard InChI is InChI=1S/C11H11N5O4/c12-10-11(15-20-14-10)19-6-5-13-7-8-3-1-2-4-9(8)16(17)18/h1-4,7H,5-6H2,(H2,12,14). The van der Waals surface area contributed by atoms with Gasteiger partial charge in [-0.15, -0.1) is 0 Å². The Kier molecular flexibility index (Phi) is 4.22. The molecule has 0 atom stereocenters. The fourth-order valence-electron chi connectivity index (χ4n) is 1.41. The van der Waals surface area contributed by atoms with Crippen molar-refractivity contribution in [1.29, 1.82) is 0 Å². The summed E-state index contributed by atoms with van der Waals surface area (Å²) in [6.45, 7) is 0.494. The number of nitrogens with two attached hydrogens (primary N) is 1. The van der Waals surface area contributed by atoms with Gasteiger partial charge in [0, 0.05) is 12.3 Å². The Balaban J connectivity index is 1.88. The minimum Gasteiger partial charge on any atom is -0.471 e. The van der Waals surface area contributed by atoms with E-state index in [-0.39, 0.29) is 24.0 Å². The number of nitro benzene ring substituents is 1. The molecule has 0 saturated carbocycles. The van der Waals surface area contributed by atoms with E-state index in [0.717, 1.165) is 0 Å². The Labute approximate surface area is 113 Å². The van der Waals surface area contributed by atoms with Crippen molar-refractivity contribution in [3.05, 3.63) is 39.9 Å². The van der Waals surface area contributed by atoms with E-state index >= 15 is 0 Å². The topological polar surface area (TPSA) is 130 Å². The highest BCUT2D eigenvalue weighted by Crippen LogP contribution is 2.15. The molecule has 0 bridgehead atoms. The van der Waals surface area contributed by atoms with Crippen molar-refractivity contribution >= 4 is 17.7 Å². The zero-order valence-electron chi connectivity index (χ0n) is 10.3. The van der Waals surface area contributed by atoms with E-state index in [1.54, 1.807) is 18.2 Å². The third-order valence-corrected chi connectivity index (χ3v) is 2.31. The van der Waals surface area contributed by atoms with E-state index in [9.17, 15) is 10.1 Å². The number of anilines is 1. The number of para-hydroxylation sites is 1. The van der Waals surface area contributed by atoms with Crippen molar-refractivity contribution < 1.29 is 14.3 Å². The van der Waals surface area contributed by atoms with Crippen LogP contribution in [0.2, 0.25) is 0 Å². The largest absolute Gasteiger partial charge is 0.471 e. The first-order valence-corrected chi connectivity index (χ1v) is 5.62. The molecule has 0 unspecified atom stereocenters. The summed E-state index contributed by atoms with van der Waals surface area (Å²) >= 11 is 0. The number of hydrogen-bond donors (Lipinski definition) is 1. The van der Waals surface area contributed by atoms with E-state index in [1.165, 1.54) is 12.3 Å². The molecule has 1 heterocycles. The molecule has 0 spiro atoms. The normalized spacial score (nSPS) is 10.8. The van der Waals surface area contributed by atoms with Crippen molar-refractivity contribution in [3.63, 3.8) is 0 Å². The maximum Gasteiger partial charge on any atom is 0.300 e. The maximum absolute atomic E-state index is 10.8. The highest BCUT2D eigenvalue weighted by atomic mass is 16.6. The number of ether oxygens (including phenoxy) is 1. The van der Waals surface area contributed by atoms with Gasteiger partial charge in [0.25, 0.3) is 11.6 Å². The fourth-order valence-corrected chi connectivity index (χ4v) is 1.41. The predicted octanol–water partition coefficient (Wildman–Crippen LogP) is 1.06. The van der Waals surface area contributed by atoms with Crippen LogP contribution in [0.3, 0.4) is 0 Å². The second-order valence-corrected chi connectivity index (χ2v) is 3.65. The summed E-state index contributed by atoms with van der Waals surface area (Å²) < 4.78 is 9.50. The smallest absolute Gasteiger partial charge is 0.300 e. The molecular weight excluding hydrogens is 266 g/mol. The number of nitrogen functional groups attached to an aromatic ring is 1. The first kappa shape index (κ1) is 13.5. The van der Waals surface area contributed by atoms with Gasteiger partial charge >= 0.3 is 0 Å². The van der Waals surface area contributed by atoms with Crippen molar-refractivity contribution in [3.8, 4) is 5.88 Å². The molecule has 0 radical (unpaired) electrons. The quantitative estimate of drug-likeness (QED) is 0.361. The number of nitro groups is 1. The van der Waals surface area contributed by atoms with E-state index in [4.69, 9.17) is 10.5 Å². The van der Waals surface area contributed by atoms with Crippen molar-refractivity contribution in [2.45, 2.75) is 0 Å². The van der Waals surface area contributed by atoms with Crippen LogP contribution in [-0.2, 0) is 0 Å². The first-order valence-electron chi connectivity index (χ1n) is 5.62. The van der Waals surface area contributed by atoms with Gasteiger partial charge in [0.15, 0.2) is 0 Å². The molecule has 0 aliphatic carbocycles. The van der Waals surface area contributed by atoms with Gasteiger partial charge in [-0.1, -0.05) is 12.1 Å². The van der Waals surface area contributed by atoms with Crippen LogP contribution in [0.5, 0.6) is 5.88 Å². The van der Waals surface area contributed by atoms with Crippen LogP contribution in [0, 0.1) is 10.1 Å². The summed E-state index contributed by atoms with van der Waals surface area (Å²) in [5.74, 6) is 0.165. The molecule has 2 rings (SSSR count). The highest BCUT2D eigenvalue weighted by molar-refractivity contribution is 5.85. The average molecular weight is 277 g/mol. The van der Waals surface area contributed by atoms with Crippen LogP contribution in [0.1, 0.15) is 5.56 Å². The average Bonchev–Trinajstić information content (AvgIpc) is 2.84. The summed E-state index contributed by atoms with van der Waals surface area (Å²) in [6.07, 6.45) is 1.42. The van der Waals surface area contributed by atoms with E-state index in [0.29, 0.717) is 12.1 Å². The Morgan fingerprint density at radius 2 is 2.25 bits per heavy atom. The fraction of sp³-hybridized carbons (Fsp3) is 0.182. The molecule has 0 saturated heterocycles. The second-order valence-electron chi connectivity index (χ2n) is 3.65. The number of benzene rings is 1. The lowest BCUT2D eigenvalue weighted by Crippen LogP contribution is -2.03. The van der Waals surface area contributed by atoms with Crippen molar-refractivity contribution in [2.75, 3.05) is 18.9 Å². The van der Waals surface area contributed by atoms with Gasteiger partial charge in [-0.25, -0.2) is 4.63 Å². The van der Waals surface area contributed by atoms with Gasteiger partial charge < -0.3 is 10.5 Å². The Hall–Kier alpha value is -2.97. The van der Waals surface area contributed by atoms with Gasteiger partial charge in [-0.2, -0.15) is 0 Å². The molecule has 104 valence electrons. The lowest BCUT2D eigenvalue weighted by atomic mass is 10.2. The number of rotatable bonds is 6. The maximum atomic E-state index is 10.8. The number of nitrogens with zero attached hydrogens (tertiary/aromatic N) is 4. The Bertz CT molecular complexity index is 625. The minimum atomic E-state index is -0.459. The van der Waals surface area contributed by atoms with Crippen molar-refractivity contribution in [1.82, 2.24) is 10.3 Å². The Morgan fingerprint density at radius 1 is 1.45 bits per heavy atom. The highest BCUT2D eigenvalue weighted by Gasteiger charge is 2.09. The summed E-state index contributed by atoms with van der Waals surface area (Å²) in [5.41, 5.74) is 5.83. The molecule has 0 aliphatic heterocycles. The molecule has 0 amide bonds. The molecule has 20 heavy (non-hydrogen) atoms.